The molecule has 1 aromatic rings. The van der Waals surface area contributed by atoms with E-state index in [1.807, 2.05) is 11.8 Å². The van der Waals surface area contributed by atoms with Crippen LogP contribution >= 0.6 is 11.8 Å². The number of thioether (sulfide) groups is 1. The molecule has 0 saturated carbocycles. The minimum Gasteiger partial charge on any atom is -0.465 e. The summed E-state index contributed by atoms with van der Waals surface area (Å²) >= 11 is 1.95. The van der Waals surface area contributed by atoms with E-state index in [0.717, 1.165) is 30.2 Å². The van der Waals surface area contributed by atoms with E-state index in [1.54, 1.807) is 6.07 Å². The van der Waals surface area contributed by atoms with Gasteiger partial charge in [0.1, 0.15) is 5.82 Å². The number of benzene rings is 1. The highest BCUT2D eigenvalue weighted by Gasteiger charge is 2.19. The van der Waals surface area contributed by atoms with Crippen molar-refractivity contribution in [2.45, 2.75) is 19.5 Å². The first kappa shape index (κ1) is 14.3. The largest absolute Gasteiger partial charge is 0.465 e. The summed E-state index contributed by atoms with van der Waals surface area (Å²) in [5.74, 6) is 1.09. The van der Waals surface area contributed by atoms with Crippen LogP contribution in [0.1, 0.15) is 22.8 Å². The average molecular weight is 283 g/mol. The van der Waals surface area contributed by atoms with Crippen molar-refractivity contribution in [1.29, 1.82) is 0 Å². The molecule has 0 N–H and O–H groups in total. The van der Waals surface area contributed by atoms with Crippen molar-refractivity contribution in [1.82, 2.24) is 4.90 Å². The van der Waals surface area contributed by atoms with Crippen LogP contribution in [-0.2, 0) is 11.3 Å². The number of hydrogen-bond donors (Lipinski definition) is 0. The lowest BCUT2D eigenvalue weighted by atomic mass is 10.1. The van der Waals surface area contributed by atoms with Gasteiger partial charge in [-0.2, -0.15) is 11.8 Å². The molecule has 1 fully saturated rings. The molecule has 1 aliphatic heterocycles. The molecule has 1 heterocycles. The fourth-order valence-electron chi connectivity index (χ4n) is 2.16. The van der Waals surface area contributed by atoms with Crippen molar-refractivity contribution >= 4 is 17.7 Å². The smallest absolute Gasteiger partial charge is 0.340 e. The van der Waals surface area contributed by atoms with Crippen molar-refractivity contribution in [3.05, 3.63) is 35.1 Å². The second kappa shape index (κ2) is 6.39. The van der Waals surface area contributed by atoms with Crippen LogP contribution in [0.3, 0.4) is 0 Å². The van der Waals surface area contributed by atoms with Crippen LogP contribution in [0.5, 0.6) is 0 Å². The molecule has 3 nitrogen and oxygen atoms in total. The maximum atomic E-state index is 13.8. The van der Waals surface area contributed by atoms with Crippen LogP contribution in [0.4, 0.5) is 4.39 Å². The maximum Gasteiger partial charge on any atom is 0.340 e. The van der Waals surface area contributed by atoms with Crippen molar-refractivity contribution in [3.63, 3.8) is 0 Å². The van der Waals surface area contributed by atoms with Gasteiger partial charge in [-0.05, 0) is 24.6 Å². The Morgan fingerprint density at radius 3 is 3.00 bits per heavy atom. The molecular formula is C14H18FNO2S. The third kappa shape index (κ3) is 3.48. The zero-order valence-electron chi connectivity index (χ0n) is 11.2. The number of halogens is 1. The lowest BCUT2D eigenvalue weighted by Gasteiger charge is -2.33. The van der Waals surface area contributed by atoms with E-state index >= 15 is 0 Å². The summed E-state index contributed by atoms with van der Waals surface area (Å²) in [7, 11) is 1.25. The molecular weight excluding hydrogens is 265 g/mol. The van der Waals surface area contributed by atoms with E-state index in [2.05, 4.69) is 16.6 Å². The number of methoxy groups -OCH3 is 1. The van der Waals surface area contributed by atoms with E-state index < -0.39 is 11.8 Å². The monoisotopic (exact) mass is 283 g/mol. The first-order valence-electron chi connectivity index (χ1n) is 6.30. The molecule has 0 amide bonds. The first-order chi connectivity index (χ1) is 9.11. The van der Waals surface area contributed by atoms with E-state index in [1.165, 1.54) is 19.2 Å². The zero-order chi connectivity index (χ0) is 13.8. The van der Waals surface area contributed by atoms with Crippen molar-refractivity contribution in [2.24, 2.45) is 0 Å². The molecule has 1 aliphatic rings. The Morgan fingerprint density at radius 2 is 2.37 bits per heavy atom. The van der Waals surface area contributed by atoms with Gasteiger partial charge in [-0.3, -0.25) is 4.90 Å². The molecule has 2 rings (SSSR count). The predicted molar refractivity (Wildman–Crippen MR) is 74.9 cm³/mol. The lowest BCUT2D eigenvalue weighted by molar-refractivity contribution is 0.0595. The molecule has 104 valence electrons. The van der Waals surface area contributed by atoms with E-state index in [4.69, 9.17) is 0 Å². The van der Waals surface area contributed by atoms with Crippen LogP contribution in [0.15, 0.2) is 18.2 Å². The van der Waals surface area contributed by atoms with E-state index in [-0.39, 0.29) is 5.56 Å². The summed E-state index contributed by atoms with van der Waals surface area (Å²) < 4.78 is 18.3. The topological polar surface area (TPSA) is 29.5 Å². The van der Waals surface area contributed by atoms with E-state index in [9.17, 15) is 9.18 Å². The summed E-state index contributed by atoms with van der Waals surface area (Å²) in [6.07, 6.45) is 0. The number of carbonyl (C=O) groups excluding carboxylic acids is 1. The van der Waals surface area contributed by atoms with Crippen LogP contribution in [0, 0.1) is 5.82 Å². The van der Waals surface area contributed by atoms with Gasteiger partial charge in [0.25, 0.3) is 0 Å². The minimum absolute atomic E-state index is 0.00602. The molecule has 0 spiro atoms. The lowest BCUT2D eigenvalue weighted by Crippen LogP contribution is -2.39. The van der Waals surface area contributed by atoms with Gasteiger partial charge in [-0.15, -0.1) is 0 Å². The summed E-state index contributed by atoms with van der Waals surface area (Å²) in [5, 5.41) is 0. The number of nitrogens with zero attached hydrogens (tertiary/aromatic N) is 1. The number of esters is 1. The summed E-state index contributed by atoms with van der Waals surface area (Å²) in [5.41, 5.74) is 0.886. The quantitative estimate of drug-likeness (QED) is 0.797. The van der Waals surface area contributed by atoms with E-state index in [0.29, 0.717) is 6.04 Å². The highest BCUT2D eigenvalue weighted by molar-refractivity contribution is 7.99. The Morgan fingerprint density at radius 1 is 1.58 bits per heavy atom. The number of hydrogen-bond acceptors (Lipinski definition) is 4. The Kier molecular flexibility index (Phi) is 4.82. The van der Waals surface area contributed by atoms with Crippen molar-refractivity contribution in [3.8, 4) is 0 Å². The van der Waals surface area contributed by atoms with Gasteiger partial charge in [0.2, 0.25) is 0 Å². The zero-order valence-corrected chi connectivity index (χ0v) is 12.0. The highest BCUT2D eigenvalue weighted by atomic mass is 32.2. The molecule has 1 aromatic carbocycles. The molecule has 0 aromatic heterocycles. The third-order valence-corrected chi connectivity index (χ3v) is 4.52. The van der Waals surface area contributed by atoms with Gasteiger partial charge in [0.15, 0.2) is 0 Å². The molecule has 0 bridgehead atoms. The fourth-order valence-corrected chi connectivity index (χ4v) is 3.25. The Balaban J connectivity index is 2.09. The number of ether oxygens (including phenoxy) is 1. The molecule has 0 radical (unpaired) electrons. The predicted octanol–water partition coefficient (Wildman–Crippen LogP) is 2.55. The van der Waals surface area contributed by atoms with Gasteiger partial charge in [0, 0.05) is 30.6 Å². The average Bonchev–Trinajstić information content (AvgIpc) is 2.41. The summed E-state index contributed by atoms with van der Waals surface area (Å²) in [6.45, 7) is 3.93. The molecule has 1 unspecified atom stereocenters. The van der Waals surface area contributed by atoms with Crippen molar-refractivity contribution in [2.75, 3.05) is 25.2 Å². The fraction of sp³-hybridized carbons (Fsp3) is 0.500. The standard InChI is InChI=1S/C14H18FNO2S/c1-10-9-19-6-5-16(10)8-11-3-4-12(13(15)7-11)14(17)18-2/h3-4,7,10H,5-6,8-9H2,1-2H3. The number of rotatable bonds is 3. The van der Waals surface area contributed by atoms with Crippen molar-refractivity contribution < 1.29 is 13.9 Å². The summed E-state index contributed by atoms with van der Waals surface area (Å²) in [6, 6.07) is 5.23. The van der Waals surface area contributed by atoms with Gasteiger partial charge in [-0.25, -0.2) is 9.18 Å². The van der Waals surface area contributed by atoms with Crippen LogP contribution in [-0.4, -0.2) is 42.1 Å². The second-order valence-corrected chi connectivity index (χ2v) is 5.85. The van der Waals surface area contributed by atoms with Gasteiger partial charge >= 0.3 is 5.97 Å². The summed E-state index contributed by atoms with van der Waals surface area (Å²) in [4.78, 5) is 13.6. The SMILES string of the molecule is COC(=O)c1ccc(CN2CCSCC2C)cc1F. The molecule has 0 aliphatic carbocycles. The molecule has 5 heteroatoms. The van der Waals surface area contributed by atoms with Gasteiger partial charge in [0.05, 0.1) is 12.7 Å². The Hall–Kier alpha value is -1.07. The normalized spacial score (nSPS) is 20.3. The Labute approximate surface area is 117 Å². The van der Waals surface area contributed by atoms with Crippen LogP contribution in [0.25, 0.3) is 0 Å². The van der Waals surface area contributed by atoms with Crippen LogP contribution < -0.4 is 0 Å². The number of carbonyl (C=O) groups is 1. The second-order valence-electron chi connectivity index (χ2n) is 4.70. The minimum atomic E-state index is -0.633. The highest BCUT2D eigenvalue weighted by Crippen LogP contribution is 2.20. The molecule has 1 saturated heterocycles. The molecule has 1 atom stereocenters. The third-order valence-electron chi connectivity index (χ3n) is 3.33. The Bertz CT molecular complexity index is 467. The first-order valence-corrected chi connectivity index (χ1v) is 7.46. The molecule has 19 heavy (non-hydrogen) atoms. The van der Waals surface area contributed by atoms with Gasteiger partial charge in [-0.1, -0.05) is 6.07 Å². The van der Waals surface area contributed by atoms with Crippen LogP contribution in [0.2, 0.25) is 0 Å². The maximum absolute atomic E-state index is 13.8. The van der Waals surface area contributed by atoms with Gasteiger partial charge < -0.3 is 4.74 Å².